The molecule has 0 aliphatic heterocycles. The van der Waals surface area contributed by atoms with Crippen LogP contribution in [0, 0.1) is 6.92 Å². The van der Waals surface area contributed by atoms with Crippen LogP contribution in [0.5, 0.6) is 0 Å². The second-order valence-corrected chi connectivity index (χ2v) is 7.61. The fourth-order valence-corrected chi connectivity index (χ4v) is 3.77. The quantitative estimate of drug-likeness (QED) is 0.718. The van der Waals surface area contributed by atoms with Gasteiger partial charge in [-0.15, -0.1) is 0 Å². The van der Waals surface area contributed by atoms with Crippen LogP contribution in [0.4, 0.5) is 5.69 Å². The lowest BCUT2D eigenvalue weighted by atomic mass is 10.2. The van der Waals surface area contributed by atoms with Gasteiger partial charge in [0.05, 0.1) is 11.3 Å². The maximum absolute atomic E-state index is 12.2. The van der Waals surface area contributed by atoms with E-state index in [1.54, 1.807) is 36.5 Å². The first kappa shape index (κ1) is 18.2. The Morgan fingerprint density at radius 3 is 2.67 bits per heavy atom. The van der Waals surface area contributed by atoms with Crippen molar-refractivity contribution in [3.8, 4) is 0 Å². The molecule has 24 heavy (non-hydrogen) atoms. The number of anilines is 1. The van der Waals surface area contributed by atoms with E-state index in [9.17, 15) is 13.2 Å². The summed E-state index contributed by atoms with van der Waals surface area (Å²) in [5.74, 6) is -0.351. The highest BCUT2D eigenvalue weighted by molar-refractivity contribution is 7.88. The van der Waals surface area contributed by atoms with Gasteiger partial charge in [-0.1, -0.05) is 19.1 Å². The van der Waals surface area contributed by atoms with Crippen molar-refractivity contribution in [2.75, 3.05) is 5.32 Å². The average Bonchev–Trinajstić information content (AvgIpc) is 2.92. The van der Waals surface area contributed by atoms with E-state index < -0.39 is 10.0 Å². The van der Waals surface area contributed by atoms with E-state index >= 15 is 0 Å². The Morgan fingerprint density at radius 1 is 1.29 bits per heavy atom. The number of carbonyl (C=O) groups is 1. The number of hydrogen-bond donors (Lipinski definition) is 3. The van der Waals surface area contributed by atoms with Gasteiger partial charge in [-0.3, -0.25) is 4.79 Å². The molecule has 1 aromatic heterocycles. The van der Waals surface area contributed by atoms with E-state index in [-0.39, 0.29) is 17.7 Å². The minimum atomic E-state index is -3.41. The Labute approximate surface area is 142 Å². The third kappa shape index (κ3) is 4.94. The lowest BCUT2D eigenvalue weighted by molar-refractivity contribution is 0.102. The number of sulfonamides is 1. The molecule has 3 N–H and O–H groups in total. The van der Waals surface area contributed by atoms with Gasteiger partial charge in [0.15, 0.2) is 0 Å². The molecule has 2 rings (SSSR count). The van der Waals surface area contributed by atoms with Crippen LogP contribution in [0.1, 0.15) is 41.9 Å². The predicted molar refractivity (Wildman–Crippen MR) is 95.4 cm³/mol. The Kier molecular flexibility index (Phi) is 5.80. The van der Waals surface area contributed by atoms with E-state index in [4.69, 9.17) is 0 Å². The molecule has 0 radical (unpaired) electrons. The third-order valence-corrected chi connectivity index (χ3v) is 5.21. The summed E-state index contributed by atoms with van der Waals surface area (Å²) in [6.45, 7) is 5.57. The Bertz CT molecular complexity index is 812. The van der Waals surface area contributed by atoms with Gasteiger partial charge in [-0.05, 0) is 44.0 Å². The number of nitrogens with one attached hydrogen (secondary N) is 3. The first-order valence-corrected chi connectivity index (χ1v) is 9.50. The Balaban J connectivity index is 2.09. The van der Waals surface area contributed by atoms with E-state index in [1.807, 2.05) is 20.8 Å². The first-order chi connectivity index (χ1) is 11.3. The molecule has 1 atom stereocenters. The van der Waals surface area contributed by atoms with Crippen LogP contribution in [-0.2, 0) is 15.8 Å². The molecule has 1 heterocycles. The molecule has 0 bridgehead atoms. The van der Waals surface area contributed by atoms with Crippen molar-refractivity contribution in [2.24, 2.45) is 0 Å². The zero-order valence-electron chi connectivity index (χ0n) is 14.1. The van der Waals surface area contributed by atoms with E-state index in [0.29, 0.717) is 16.8 Å². The van der Waals surface area contributed by atoms with Crippen LogP contribution in [0.3, 0.4) is 0 Å². The van der Waals surface area contributed by atoms with E-state index in [1.165, 1.54) is 0 Å². The van der Waals surface area contributed by atoms with Gasteiger partial charge < -0.3 is 10.3 Å². The molecule has 0 unspecified atom stereocenters. The van der Waals surface area contributed by atoms with Crippen molar-refractivity contribution in [3.05, 3.63) is 53.3 Å². The van der Waals surface area contributed by atoms with Crippen molar-refractivity contribution in [1.29, 1.82) is 0 Å². The van der Waals surface area contributed by atoms with Crippen LogP contribution in [0.25, 0.3) is 0 Å². The summed E-state index contributed by atoms with van der Waals surface area (Å²) in [5.41, 5.74) is 2.53. The topological polar surface area (TPSA) is 91.1 Å². The number of benzene rings is 1. The highest BCUT2D eigenvalue weighted by Crippen LogP contribution is 2.15. The standard InChI is InChI=1S/C17H23N3O3S/c1-4-12(2)20-24(22,23)11-14-6-5-7-15(10-14)19-17(21)16-8-9-18-13(16)3/h5-10,12,18,20H,4,11H2,1-3H3,(H,19,21)/t12-/m1/s1. The normalized spacial score (nSPS) is 12.8. The second-order valence-electron chi connectivity index (χ2n) is 5.86. The maximum Gasteiger partial charge on any atom is 0.257 e. The summed E-state index contributed by atoms with van der Waals surface area (Å²) >= 11 is 0. The minimum Gasteiger partial charge on any atom is -0.365 e. The Hall–Kier alpha value is -2.12. The van der Waals surface area contributed by atoms with Gasteiger partial charge in [0, 0.05) is 23.6 Å². The van der Waals surface area contributed by atoms with Crippen LogP contribution in [0.15, 0.2) is 36.5 Å². The summed E-state index contributed by atoms with van der Waals surface area (Å²) in [4.78, 5) is 15.2. The summed E-state index contributed by atoms with van der Waals surface area (Å²) < 4.78 is 26.9. The number of aryl methyl sites for hydroxylation is 1. The second kappa shape index (κ2) is 7.63. The number of amides is 1. The van der Waals surface area contributed by atoms with Crippen LogP contribution in [-0.4, -0.2) is 25.4 Å². The molecule has 0 aliphatic rings. The molecule has 0 spiro atoms. The number of aromatic nitrogens is 1. The van der Waals surface area contributed by atoms with Crippen molar-refractivity contribution in [1.82, 2.24) is 9.71 Å². The summed E-state index contributed by atoms with van der Waals surface area (Å²) in [7, 11) is -3.41. The molecule has 0 fully saturated rings. The monoisotopic (exact) mass is 349 g/mol. The fraction of sp³-hybridized carbons (Fsp3) is 0.353. The Morgan fingerprint density at radius 2 is 2.04 bits per heavy atom. The molecule has 130 valence electrons. The molecule has 0 saturated carbocycles. The number of carbonyl (C=O) groups excluding carboxylic acids is 1. The van der Waals surface area contributed by atoms with Gasteiger partial charge >= 0.3 is 0 Å². The fourth-order valence-electron chi connectivity index (χ4n) is 2.29. The van der Waals surface area contributed by atoms with E-state index in [0.717, 1.165) is 12.1 Å². The summed E-state index contributed by atoms with van der Waals surface area (Å²) in [6, 6.07) is 8.47. The molecule has 0 aliphatic carbocycles. The van der Waals surface area contributed by atoms with Crippen LogP contribution < -0.4 is 10.0 Å². The zero-order chi connectivity index (χ0) is 17.7. The predicted octanol–water partition coefficient (Wildman–Crippen LogP) is 2.79. The van der Waals surface area contributed by atoms with Crippen molar-refractivity contribution in [2.45, 2.75) is 39.0 Å². The van der Waals surface area contributed by atoms with Gasteiger partial charge in [0.25, 0.3) is 5.91 Å². The van der Waals surface area contributed by atoms with Crippen LogP contribution >= 0.6 is 0 Å². The SMILES string of the molecule is CC[C@@H](C)NS(=O)(=O)Cc1cccc(NC(=O)c2cc[nH]c2C)c1. The number of hydrogen-bond acceptors (Lipinski definition) is 3. The van der Waals surface area contributed by atoms with Gasteiger partial charge in [-0.2, -0.15) is 0 Å². The lowest BCUT2D eigenvalue weighted by Gasteiger charge is -2.12. The van der Waals surface area contributed by atoms with E-state index in [2.05, 4.69) is 15.0 Å². The third-order valence-electron chi connectivity index (χ3n) is 3.73. The maximum atomic E-state index is 12.2. The number of H-pyrrole nitrogens is 1. The van der Waals surface area contributed by atoms with Gasteiger partial charge in [-0.25, -0.2) is 13.1 Å². The smallest absolute Gasteiger partial charge is 0.257 e. The molecular weight excluding hydrogens is 326 g/mol. The first-order valence-electron chi connectivity index (χ1n) is 7.85. The highest BCUT2D eigenvalue weighted by atomic mass is 32.2. The zero-order valence-corrected chi connectivity index (χ0v) is 14.9. The molecule has 1 amide bonds. The minimum absolute atomic E-state index is 0.102. The number of rotatable bonds is 7. The average molecular weight is 349 g/mol. The molecular formula is C17H23N3O3S. The molecule has 1 aromatic carbocycles. The van der Waals surface area contributed by atoms with Crippen molar-refractivity contribution in [3.63, 3.8) is 0 Å². The molecule has 6 nitrogen and oxygen atoms in total. The molecule has 0 saturated heterocycles. The number of aromatic amines is 1. The summed E-state index contributed by atoms with van der Waals surface area (Å²) in [5, 5.41) is 2.79. The lowest BCUT2D eigenvalue weighted by Crippen LogP contribution is -2.32. The van der Waals surface area contributed by atoms with Crippen molar-refractivity contribution < 1.29 is 13.2 Å². The van der Waals surface area contributed by atoms with Crippen LogP contribution in [0.2, 0.25) is 0 Å². The molecule has 7 heteroatoms. The summed E-state index contributed by atoms with van der Waals surface area (Å²) in [6.07, 6.45) is 2.43. The largest absolute Gasteiger partial charge is 0.365 e. The highest BCUT2D eigenvalue weighted by Gasteiger charge is 2.15. The van der Waals surface area contributed by atoms with Gasteiger partial charge in [0.2, 0.25) is 10.0 Å². The molecule has 2 aromatic rings. The van der Waals surface area contributed by atoms with Crippen molar-refractivity contribution >= 4 is 21.6 Å². The van der Waals surface area contributed by atoms with Gasteiger partial charge in [0.1, 0.15) is 0 Å².